The van der Waals surface area contributed by atoms with Crippen LogP contribution in [0.5, 0.6) is 5.88 Å². The molecule has 0 unspecified atom stereocenters. The number of nitrogens with one attached hydrogen (secondary N) is 2. The predicted molar refractivity (Wildman–Crippen MR) is 164 cm³/mol. The molecule has 1 aliphatic heterocycles. The molecule has 2 N–H and O–H groups in total. The molecule has 8 heteroatoms. The fourth-order valence-electron chi connectivity index (χ4n) is 5.05. The number of nitrogens with zero attached hydrogens (tertiary/aromatic N) is 2. The van der Waals surface area contributed by atoms with Gasteiger partial charge in [0, 0.05) is 72.5 Å². The number of H-pyrrole nitrogens is 1. The van der Waals surface area contributed by atoms with Gasteiger partial charge in [0.25, 0.3) is 0 Å². The Morgan fingerprint density at radius 1 is 1.12 bits per heavy atom. The number of likely N-dealkylation sites (tertiary alicyclic amines) is 1. The van der Waals surface area contributed by atoms with E-state index in [1.165, 1.54) is 11.6 Å². The van der Waals surface area contributed by atoms with Gasteiger partial charge in [-0.2, -0.15) is 0 Å². The quantitative estimate of drug-likeness (QED) is 0.149. The van der Waals surface area contributed by atoms with Gasteiger partial charge in [0.15, 0.2) is 0 Å². The molecule has 6 nitrogen and oxygen atoms in total. The van der Waals surface area contributed by atoms with Crippen molar-refractivity contribution in [1.29, 1.82) is 0 Å². The smallest absolute Gasteiger partial charge is 0.246 e. The zero-order valence-corrected chi connectivity index (χ0v) is 23.8. The molecule has 212 valence electrons. The first-order valence-corrected chi connectivity index (χ1v) is 14.3. The molecular weight excluding hydrogens is 539 g/mol. The Balaban J connectivity index is 1.25. The number of aromatic nitrogens is 2. The van der Waals surface area contributed by atoms with E-state index < -0.39 is 0 Å². The van der Waals surface area contributed by atoms with Gasteiger partial charge in [-0.05, 0) is 29.7 Å². The highest BCUT2D eigenvalue weighted by molar-refractivity contribution is 6.38. The predicted octanol–water partition coefficient (Wildman–Crippen LogP) is 6.54. The lowest BCUT2D eigenvalue weighted by Gasteiger charge is -2.36. The molecule has 2 aromatic carbocycles. The summed E-state index contributed by atoms with van der Waals surface area (Å²) in [6.45, 7) is 4.36. The highest BCUT2D eigenvalue weighted by Crippen LogP contribution is 2.40. The molecule has 0 bridgehead atoms. The minimum Gasteiger partial charge on any atom is -0.476 e. The maximum absolute atomic E-state index is 12.5. The van der Waals surface area contributed by atoms with Crippen molar-refractivity contribution in [2.24, 2.45) is 5.92 Å². The molecule has 1 fully saturated rings. The van der Waals surface area contributed by atoms with Gasteiger partial charge in [0.05, 0.1) is 17.4 Å². The van der Waals surface area contributed by atoms with E-state index in [-0.39, 0.29) is 18.5 Å². The van der Waals surface area contributed by atoms with Crippen molar-refractivity contribution >= 4 is 39.6 Å². The normalized spacial score (nSPS) is 14.4. The molecule has 0 aliphatic carbocycles. The monoisotopic (exact) mass is 572 g/mol. The third kappa shape index (κ3) is 6.69. The average Bonchev–Trinajstić information content (AvgIpc) is 3.31. The topological polar surface area (TPSA) is 70.2 Å². The number of pyridine rings is 1. The summed E-state index contributed by atoms with van der Waals surface area (Å²) < 4.78 is 18.4. The summed E-state index contributed by atoms with van der Waals surface area (Å²) in [6.07, 6.45) is 5.95. The Bertz CT molecular complexity index is 1530. The van der Waals surface area contributed by atoms with Crippen LogP contribution in [-0.2, 0) is 4.79 Å². The number of alkyl halides is 1. The van der Waals surface area contributed by atoms with Gasteiger partial charge in [-0.15, -0.1) is 0 Å². The number of rotatable bonds is 12. The summed E-state index contributed by atoms with van der Waals surface area (Å²) in [5.74, 6) is 0.455. The van der Waals surface area contributed by atoms with Crippen LogP contribution in [0, 0.1) is 5.92 Å². The average molecular weight is 573 g/mol. The molecule has 5 rings (SSSR count). The molecule has 4 aromatic rings. The lowest BCUT2D eigenvalue weighted by atomic mass is 9.91. The van der Waals surface area contributed by atoms with Gasteiger partial charge in [-0.1, -0.05) is 73.1 Å². The Labute approximate surface area is 244 Å². The molecule has 1 saturated heterocycles. The van der Waals surface area contributed by atoms with E-state index in [0.717, 1.165) is 39.7 Å². The van der Waals surface area contributed by atoms with E-state index in [4.69, 9.17) is 16.3 Å². The Morgan fingerprint density at radius 2 is 1.90 bits per heavy atom. The summed E-state index contributed by atoms with van der Waals surface area (Å²) in [6, 6.07) is 22.3. The number of amides is 1. The highest BCUT2D eigenvalue weighted by atomic mass is 35.5. The Hall–Kier alpha value is -3.94. The minimum atomic E-state index is -0.365. The van der Waals surface area contributed by atoms with E-state index in [0.29, 0.717) is 43.7 Å². The van der Waals surface area contributed by atoms with Crippen LogP contribution in [0.2, 0.25) is 5.02 Å². The molecular formula is C33H34ClFN4O2. The lowest BCUT2D eigenvalue weighted by molar-refractivity contribution is -0.132. The largest absolute Gasteiger partial charge is 0.476 e. The van der Waals surface area contributed by atoms with E-state index in [2.05, 4.69) is 34.3 Å². The van der Waals surface area contributed by atoms with Crippen LogP contribution in [0.25, 0.3) is 22.0 Å². The Morgan fingerprint density at radius 3 is 2.61 bits per heavy atom. The first-order chi connectivity index (χ1) is 20.1. The summed E-state index contributed by atoms with van der Waals surface area (Å²) >= 11 is 6.94. The van der Waals surface area contributed by atoms with Crippen LogP contribution < -0.4 is 10.1 Å². The van der Waals surface area contributed by atoms with Gasteiger partial charge in [0.1, 0.15) is 6.61 Å². The second-order valence-corrected chi connectivity index (χ2v) is 10.4. The van der Waals surface area contributed by atoms with E-state index in [1.807, 2.05) is 60.8 Å². The summed E-state index contributed by atoms with van der Waals surface area (Å²) in [7, 11) is 0. The molecule has 0 spiro atoms. The van der Waals surface area contributed by atoms with Crippen molar-refractivity contribution in [3.8, 4) is 5.88 Å². The fourth-order valence-corrected chi connectivity index (χ4v) is 5.36. The van der Waals surface area contributed by atoms with Gasteiger partial charge in [-0.3, -0.25) is 9.18 Å². The molecule has 2 aromatic heterocycles. The van der Waals surface area contributed by atoms with Crippen molar-refractivity contribution in [2.75, 3.05) is 39.5 Å². The molecule has 1 amide bonds. The number of carbonyl (C=O) groups excluding carboxylic acids is 1. The Kier molecular flexibility index (Phi) is 9.49. The molecule has 41 heavy (non-hydrogen) atoms. The standard InChI is InChI=1S/C33H34ClFN4O2/c1-2-26(24-9-4-3-5-10-24)31(33-32(34)27-11-6-7-12-28(27)38-33)25-14-15-29(37-20-25)41-18-17-36-16-8-13-30(40)39-21-23(19-35)22-39/h3-15,20,23,36,38H,2,16-19,21-22H2,1H3/b13-8+,31-26+. The third-order valence-corrected chi connectivity index (χ3v) is 7.63. The van der Waals surface area contributed by atoms with Crippen LogP contribution in [0.3, 0.4) is 0 Å². The second-order valence-electron chi connectivity index (χ2n) is 10.0. The lowest BCUT2D eigenvalue weighted by Crippen LogP contribution is -2.50. The van der Waals surface area contributed by atoms with Crippen LogP contribution in [0.1, 0.15) is 30.2 Å². The maximum atomic E-state index is 12.5. The number of hydrogen-bond acceptors (Lipinski definition) is 4. The van der Waals surface area contributed by atoms with Crippen molar-refractivity contribution < 1.29 is 13.9 Å². The molecule has 0 radical (unpaired) electrons. The first-order valence-electron chi connectivity index (χ1n) is 14.0. The second kappa shape index (κ2) is 13.6. The fraction of sp³-hybridized carbons (Fsp3) is 0.273. The number of fused-ring (bicyclic) bond motifs is 1. The summed E-state index contributed by atoms with van der Waals surface area (Å²) in [5, 5.41) is 4.89. The number of ether oxygens (including phenoxy) is 1. The molecule has 1 aliphatic rings. The number of hydrogen-bond donors (Lipinski definition) is 2. The molecule has 3 heterocycles. The third-order valence-electron chi connectivity index (χ3n) is 7.23. The van der Waals surface area contributed by atoms with Crippen molar-refractivity contribution in [2.45, 2.75) is 13.3 Å². The zero-order valence-electron chi connectivity index (χ0n) is 23.1. The minimum absolute atomic E-state index is 0.00290. The molecule has 0 atom stereocenters. The van der Waals surface area contributed by atoms with Crippen LogP contribution in [0.4, 0.5) is 4.39 Å². The van der Waals surface area contributed by atoms with Crippen LogP contribution in [0.15, 0.2) is 85.1 Å². The van der Waals surface area contributed by atoms with Crippen LogP contribution >= 0.6 is 11.6 Å². The van der Waals surface area contributed by atoms with E-state index in [1.54, 1.807) is 11.0 Å². The maximum Gasteiger partial charge on any atom is 0.246 e. The van der Waals surface area contributed by atoms with Gasteiger partial charge >= 0.3 is 0 Å². The number of benzene rings is 2. The molecule has 0 saturated carbocycles. The number of halogens is 2. The van der Waals surface area contributed by atoms with Gasteiger partial charge in [-0.25, -0.2) is 4.98 Å². The number of aromatic amines is 1. The van der Waals surface area contributed by atoms with E-state index in [9.17, 15) is 9.18 Å². The number of allylic oxidation sites excluding steroid dienone is 1. The summed E-state index contributed by atoms with van der Waals surface area (Å²) in [5.41, 5.74) is 6.12. The van der Waals surface area contributed by atoms with Gasteiger partial charge in [0.2, 0.25) is 11.8 Å². The first kappa shape index (κ1) is 28.6. The zero-order chi connectivity index (χ0) is 28.6. The van der Waals surface area contributed by atoms with Crippen molar-refractivity contribution in [3.63, 3.8) is 0 Å². The number of carbonyl (C=O) groups is 1. The van der Waals surface area contributed by atoms with Gasteiger partial charge < -0.3 is 19.9 Å². The van der Waals surface area contributed by atoms with Crippen LogP contribution in [-0.4, -0.2) is 60.2 Å². The van der Waals surface area contributed by atoms with Crippen molar-refractivity contribution in [3.05, 3.63) is 107 Å². The van der Waals surface area contributed by atoms with Crippen molar-refractivity contribution in [1.82, 2.24) is 20.2 Å². The SMILES string of the molecule is CC/C(=C(/c1ccc(OCCNC/C=C/C(=O)N2CC(CF)C2)nc1)c1[nH]c2ccccc2c1Cl)c1ccccc1. The number of para-hydroxylation sites is 1. The van der Waals surface area contributed by atoms with E-state index >= 15 is 0 Å². The highest BCUT2D eigenvalue weighted by Gasteiger charge is 2.28. The summed E-state index contributed by atoms with van der Waals surface area (Å²) in [4.78, 5) is 21.8.